The summed E-state index contributed by atoms with van der Waals surface area (Å²) in [6.07, 6.45) is 0.511. The molecule has 0 spiro atoms. The van der Waals surface area contributed by atoms with Crippen LogP contribution in [0.4, 0.5) is 0 Å². The maximum absolute atomic E-state index is 12.4. The number of morpholine rings is 1. The number of H-pyrrole nitrogens is 1. The third-order valence-electron chi connectivity index (χ3n) is 3.77. The van der Waals surface area contributed by atoms with Crippen LogP contribution in [0, 0.1) is 6.92 Å². The number of amides is 1. The normalized spacial score (nSPS) is 18.5. The van der Waals surface area contributed by atoms with Crippen molar-refractivity contribution < 1.29 is 27.9 Å². The Balaban J connectivity index is 1.97. The molecule has 1 atom stereocenters. The van der Waals surface area contributed by atoms with E-state index in [4.69, 9.17) is 9.84 Å². The molecule has 1 aliphatic rings. The van der Waals surface area contributed by atoms with Crippen LogP contribution in [0.15, 0.2) is 6.07 Å². The summed E-state index contributed by atoms with van der Waals surface area (Å²) in [5.41, 5.74) is 1.49. The molecule has 25 heavy (non-hydrogen) atoms. The second-order valence-electron chi connectivity index (χ2n) is 6.00. The van der Waals surface area contributed by atoms with Gasteiger partial charge in [0.05, 0.1) is 31.1 Å². The van der Waals surface area contributed by atoms with Crippen molar-refractivity contribution >= 4 is 21.9 Å². The van der Waals surface area contributed by atoms with Crippen molar-refractivity contribution in [3.05, 3.63) is 17.5 Å². The fraction of sp³-hybridized carbons (Fsp3) is 0.643. The van der Waals surface area contributed by atoms with Crippen molar-refractivity contribution in [1.82, 2.24) is 19.4 Å². The Hall–Kier alpha value is -1.98. The minimum Gasteiger partial charge on any atom is -0.480 e. The number of rotatable bonds is 7. The van der Waals surface area contributed by atoms with Crippen LogP contribution in [0.1, 0.15) is 11.4 Å². The molecule has 1 saturated heterocycles. The highest BCUT2D eigenvalue weighted by molar-refractivity contribution is 7.88. The quantitative estimate of drug-likeness (QED) is 0.615. The van der Waals surface area contributed by atoms with Gasteiger partial charge in [-0.15, -0.1) is 0 Å². The molecule has 1 unspecified atom stereocenters. The van der Waals surface area contributed by atoms with E-state index in [0.717, 1.165) is 16.3 Å². The standard InChI is InChI=1S/C14H22N4O6S/c1-10-5-11(16-15-10)6-13(19)17-3-4-24-12(7-17)8-18(9-14(20)21)25(2,22)23/h5,12H,3-4,6-9H2,1-2H3,(H,15,16)(H,20,21). The van der Waals surface area contributed by atoms with Crippen molar-refractivity contribution in [2.75, 3.05) is 39.0 Å². The number of carbonyl (C=O) groups excluding carboxylic acids is 1. The van der Waals surface area contributed by atoms with Crippen molar-refractivity contribution in [3.8, 4) is 0 Å². The number of aromatic amines is 1. The molecule has 1 aliphatic heterocycles. The van der Waals surface area contributed by atoms with Gasteiger partial charge in [-0.2, -0.15) is 9.40 Å². The summed E-state index contributed by atoms with van der Waals surface area (Å²) < 4.78 is 29.8. The second-order valence-corrected chi connectivity index (χ2v) is 7.98. The Morgan fingerprint density at radius 2 is 2.24 bits per heavy atom. The van der Waals surface area contributed by atoms with Gasteiger partial charge in [-0.05, 0) is 13.0 Å². The number of ether oxygens (including phenoxy) is 1. The van der Waals surface area contributed by atoms with Gasteiger partial charge in [-0.3, -0.25) is 14.7 Å². The number of sulfonamides is 1. The van der Waals surface area contributed by atoms with Gasteiger partial charge in [-0.25, -0.2) is 8.42 Å². The first-order valence-electron chi connectivity index (χ1n) is 7.72. The largest absolute Gasteiger partial charge is 0.480 e. The molecule has 0 saturated carbocycles. The first-order chi connectivity index (χ1) is 11.6. The fourth-order valence-corrected chi connectivity index (χ4v) is 3.37. The summed E-state index contributed by atoms with van der Waals surface area (Å²) >= 11 is 0. The number of aliphatic carboxylic acids is 1. The number of carboxylic acids is 1. The number of hydrogen-bond donors (Lipinski definition) is 2. The van der Waals surface area contributed by atoms with Crippen LogP contribution >= 0.6 is 0 Å². The molecule has 140 valence electrons. The molecule has 1 fully saturated rings. The monoisotopic (exact) mass is 374 g/mol. The van der Waals surface area contributed by atoms with Gasteiger partial charge in [0.1, 0.15) is 6.54 Å². The summed E-state index contributed by atoms with van der Waals surface area (Å²) in [7, 11) is -3.69. The molecular formula is C14H22N4O6S. The number of carboxylic acid groups (broad SMARTS) is 1. The molecule has 0 radical (unpaired) electrons. The van der Waals surface area contributed by atoms with E-state index >= 15 is 0 Å². The van der Waals surface area contributed by atoms with E-state index in [0.29, 0.717) is 12.2 Å². The van der Waals surface area contributed by atoms with Crippen molar-refractivity contribution in [1.29, 1.82) is 0 Å². The van der Waals surface area contributed by atoms with Crippen molar-refractivity contribution in [2.24, 2.45) is 0 Å². The second kappa shape index (κ2) is 7.93. The molecule has 11 heteroatoms. The third-order valence-corrected chi connectivity index (χ3v) is 4.99. The van der Waals surface area contributed by atoms with Gasteiger partial charge >= 0.3 is 5.97 Å². The predicted molar refractivity (Wildman–Crippen MR) is 87.4 cm³/mol. The fourth-order valence-electron chi connectivity index (χ4n) is 2.58. The summed E-state index contributed by atoms with van der Waals surface area (Å²) in [4.78, 5) is 24.8. The minimum atomic E-state index is -3.69. The lowest BCUT2D eigenvalue weighted by molar-refractivity contribution is -0.141. The zero-order chi connectivity index (χ0) is 18.6. The summed E-state index contributed by atoms with van der Waals surface area (Å²) in [5.74, 6) is -1.38. The van der Waals surface area contributed by atoms with E-state index in [2.05, 4.69) is 10.2 Å². The number of hydrogen-bond acceptors (Lipinski definition) is 6. The molecule has 1 aromatic heterocycles. The Morgan fingerprint density at radius 1 is 1.52 bits per heavy atom. The van der Waals surface area contributed by atoms with Gasteiger partial charge in [0, 0.05) is 25.3 Å². The molecule has 0 aromatic carbocycles. The smallest absolute Gasteiger partial charge is 0.318 e. The maximum Gasteiger partial charge on any atom is 0.318 e. The Morgan fingerprint density at radius 3 is 2.80 bits per heavy atom. The molecular weight excluding hydrogens is 352 g/mol. The molecule has 0 aliphatic carbocycles. The van der Waals surface area contributed by atoms with Crippen molar-refractivity contribution in [3.63, 3.8) is 0 Å². The number of carbonyl (C=O) groups is 2. The molecule has 2 N–H and O–H groups in total. The average molecular weight is 374 g/mol. The zero-order valence-electron chi connectivity index (χ0n) is 14.1. The lowest BCUT2D eigenvalue weighted by Crippen LogP contribution is -2.51. The molecule has 1 aromatic rings. The topological polar surface area (TPSA) is 133 Å². The Labute approximate surface area is 145 Å². The number of nitrogens with one attached hydrogen (secondary N) is 1. The number of nitrogens with zero attached hydrogens (tertiary/aromatic N) is 3. The van der Waals surface area contributed by atoms with E-state index in [-0.39, 0.29) is 32.0 Å². The Bertz CT molecular complexity index is 731. The van der Waals surface area contributed by atoms with Crippen LogP contribution in [0.25, 0.3) is 0 Å². The molecule has 10 nitrogen and oxygen atoms in total. The van der Waals surface area contributed by atoms with Crippen LogP contribution in [0.5, 0.6) is 0 Å². The SMILES string of the molecule is Cc1cc(CC(=O)N2CCOC(CN(CC(=O)O)S(C)(=O)=O)C2)n[nH]1. The summed E-state index contributed by atoms with van der Waals surface area (Å²) in [6, 6.07) is 1.79. The van der Waals surface area contributed by atoms with E-state index in [1.54, 1.807) is 11.0 Å². The van der Waals surface area contributed by atoms with Crippen LogP contribution in [0.3, 0.4) is 0 Å². The highest BCUT2D eigenvalue weighted by Crippen LogP contribution is 2.11. The summed E-state index contributed by atoms with van der Waals surface area (Å²) in [6.45, 7) is 1.95. The highest BCUT2D eigenvalue weighted by atomic mass is 32.2. The van der Waals surface area contributed by atoms with E-state index in [1.165, 1.54) is 0 Å². The number of aryl methyl sites for hydroxylation is 1. The molecule has 2 rings (SSSR count). The first-order valence-corrected chi connectivity index (χ1v) is 9.57. The Kier molecular flexibility index (Phi) is 6.14. The van der Waals surface area contributed by atoms with Crippen LogP contribution in [0.2, 0.25) is 0 Å². The van der Waals surface area contributed by atoms with Gasteiger partial charge in [0.25, 0.3) is 0 Å². The molecule has 2 heterocycles. The predicted octanol–water partition coefficient (Wildman–Crippen LogP) is -1.17. The minimum absolute atomic E-state index is 0.115. The third kappa shape index (κ3) is 5.80. The van der Waals surface area contributed by atoms with Gasteiger partial charge < -0.3 is 14.7 Å². The van der Waals surface area contributed by atoms with E-state index in [1.807, 2.05) is 6.92 Å². The van der Waals surface area contributed by atoms with Gasteiger partial charge in [0.2, 0.25) is 15.9 Å². The lowest BCUT2D eigenvalue weighted by atomic mass is 10.2. The number of aromatic nitrogens is 2. The van der Waals surface area contributed by atoms with Crippen LogP contribution in [-0.4, -0.2) is 89.9 Å². The van der Waals surface area contributed by atoms with Crippen LogP contribution < -0.4 is 0 Å². The maximum atomic E-state index is 12.4. The summed E-state index contributed by atoms with van der Waals surface area (Å²) in [5, 5.41) is 15.7. The molecule has 0 bridgehead atoms. The van der Waals surface area contributed by atoms with Crippen LogP contribution in [-0.2, 0) is 30.8 Å². The zero-order valence-corrected chi connectivity index (χ0v) is 15.0. The van der Waals surface area contributed by atoms with Crippen molar-refractivity contribution in [2.45, 2.75) is 19.4 Å². The van der Waals surface area contributed by atoms with E-state index in [9.17, 15) is 18.0 Å². The molecule has 1 amide bonds. The highest BCUT2D eigenvalue weighted by Gasteiger charge is 2.29. The lowest BCUT2D eigenvalue weighted by Gasteiger charge is -2.34. The average Bonchev–Trinajstić information content (AvgIpc) is 2.90. The van der Waals surface area contributed by atoms with Gasteiger partial charge in [0.15, 0.2) is 0 Å². The van der Waals surface area contributed by atoms with E-state index < -0.39 is 28.6 Å². The first kappa shape index (κ1) is 19.3. The van der Waals surface area contributed by atoms with Gasteiger partial charge in [-0.1, -0.05) is 0 Å².